The zero-order valence-corrected chi connectivity index (χ0v) is 9.99. The molecule has 0 saturated carbocycles. The number of carbonyl (C=O) groups excluding carboxylic acids is 1. The third-order valence-electron chi connectivity index (χ3n) is 3.52. The molecule has 5 nitrogen and oxygen atoms in total. The normalized spacial score (nSPS) is 25.4. The summed E-state index contributed by atoms with van der Waals surface area (Å²) in [4.78, 5) is 12.2. The fourth-order valence-electron chi connectivity index (χ4n) is 2.14. The Morgan fingerprint density at radius 2 is 2.06 bits per heavy atom. The average Bonchev–Trinajstić information content (AvgIpc) is 2.75. The minimum absolute atomic E-state index is 0.0689. The maximum Gasteiger partial charge on any atom is 0.228 e. The fraction of sp³-hybridized carbons (Fsp3) is 0.909. The van der Waals surface area contributed by atoms with Gasteiger partial charge in [0.2, 0.25) is 5.91 Å². The fourth-order valence-corrected chi connectivity index (χ4v) is 2.14. The zero-order valence-electron chi connectivity index (χ0n) is 9.99. The third kappa shape index (κ3) is 2.53. The van der Waals surface area contributed by atoms with E-state index < -0.39 is 11.5 Å². The molecule has 0 radical (unpaired) electrons. The molecule has 1 unspecified atom stereocenters. The Hall–Kier alpha value is -0.650. The molecule has 16 heavy (non-hydrogen) atoms. The molecule has 0 spiro atoms. The summed E-state index contributed by atoms with van der Waals surface area (Å²) < 4.78 is 0. The molecule has 4 N–H and O–H groups in total. The molecule has 1 aliphatic rings. The predicted molar refractivity (Wildman–Crippen MR) is 60.9 cm³/mol. The van der Waals surface area contributed by atoms with Crippen LogP contribution >= 0.6 is 0 Å². The Labute approximate surface area is 96.2 Å². The molecule has 1 fully saturated rings. The van der Waals surface area contributed by atoms with Crippen LogP contribution in [0.3, 0.4) is 0 Å². The van der Waals surface area contributed by atoms with Crippen molar-refractivity contribution in [2.75, 3.05) is 26.3 Å². The summed E-state index contributed by atoms with van der Waals surface area (Å²) in [6.45, 7) is 5.10. The van der Waals surface area contributed by atoms with Crippen molar-refractivity contribution in [3.63, 3.8) is 0 Å². The molecule has 94 valence electrons. The first-order valence-corrected chi connectivity index (χ1v) is 5.80. The molecule has 0 aromatic carbocycles. The zero-order chi connectivity index (χ0) is 12.2. The number of nitrogens with one attached hydrogen (secondary N) is 2. The van der Waals surface area contributed by atoms with Crippen LogP contribution in [0.25, 0.3) is 0 Å². The lowest BCUT2D eigenvalue weighted by Crippen LogP contribution is -2.51. The number of rotatable bonds is 5. The van der Waals surface area contributed by atoms with E-state index in [1.54, 1.807) is 0 Å². The maximum atomic E-state index is 12.2. The Bertz CT molecular complexity index is 233. The smallest absolute Gasteiger partial charge is 0.228 e. The lowest BCUT2D eigenvalue weighted by atomic mass is 9.75. The van der Waals surface area contributed by atoms with Gasteiger partial charge in [-0.05, 0) is 18.9 Å². The molecular weight excluding hydrogens is 208 g/mol. The van der Waals surface area contributed by atoms with Crippen LogP contribution in [0, 0.1) is 11.3 Å². The predicted octanol–water partition coefficient (Wildman–Crippen LogP) is -0.908. The van der Waals surface area contributed by atoms with Gasteiger partial charge < -0.3 is 20.8 Å². The Balaban J connectivity index is 2.69. The van der Waals surface area contributed by atoms with E-state index in [0.29, 0.717) is 6.54 Å². The van der Waals surface area contributed by atoms with Crippen LogP contribution in [0.4, 0.5) is 0 Å². The lowest BCUT2D eigenvalue weighted by molar-refractivity contribution is -0.133. The van der Waals surface area contributed by atoms with Crippen LogP contribution in [0.1, 0.15) is 20.3 Å². The van der Waals surface area contributed by atoms with Crippen LogP contribution in [0.2, 0.25) is 0 Å². The summed E-state index contributed by atoms with van der Waals surface area (Å²) in [5.74, 6) is 0.168. The number of hydrogen-bond acceptors (Lipinski definition) is 4. The average molecular weight is 230 g/mol. The van der Waals surface area contributed by atoms with Crippen LogP contribution in [0.15, 0.2) is 0 Å². The van der Waals surface area contributed by atoms with Gasteiger partial charge in [-0.25, -0.2) is 0 Å². The van der Waals surface area contributed by atoms with Crippen LogP contribution in [-0.4, -0.2) is 48.5 Å². The second-order valence-electron chi connectivity index (χ2n) is 4.77. The Morgan fingerprint density at radius 3 is 2.44 bits per heavy atom. The molecule has 0 aromatic heterocycles. The van der Waals surface area contributed by atoms with Gasteiger partial charge in [0.05, 0.1) is 24.7 Å². The molecule has 0 aromatic rings. The second kappa shape index (κ2) is 5.61. The Morgan fingerprint density at radius 1 is 1.44 bits per heavy atom. The van der Waals surface area contributed by atoms with E-state index >= 15 is 0 Å². The van der Waals surface area contributed by atoms with E-state index in [-0.39, 0.29) is 25.0 Å². The molecule has 0 aliphatic carbocycles. The van der Waals surface area contributed by atoms with Crippen molar-refractivity contribution in [1.82, 2.24) is 10.6 Å². The summed E-state index contributed by atoms with van der Waals surface area (Å²) >= 11 is 0. The highest BCUT2D eigenvalue weighted by Gasteiger charge is 2.44. The number of carbonyl (C=O) groups is 1. The monoisotopic (exact) mass is 230 g/mol. The lowest BCUT2D eigenvalue weighted by Gasteiger charge is -2.32. The minimum atomic E-state index is -0.552. The van der Waals surface area contributed by atoms with E-state index in [1.165, 1.54) is 0 Å². The standard InChI is InChI=1S/C11H22N2O3/c1-8(2)11(3-4-12-7-11)10(16)13-9(5-14)6-15/h8-9,12,14-15H,3-7H2,1-2H3,(H,13,16). The number of aliphatic hydroxyl groups is 2. The second-order valence-corrected chi connectivity index (χ2v) is 4.77. The molecule has 0 bridgehead atoms. The van der Waals surface area contributed by atoms with Crippen LogP contribution < -0.4 is 10.6 Å². The first kappa shape index (κ1) is 13.4. The van der Waals surface area contributed by atoms with Gasteiger partial charge in [0, 0.05) is 6.54 Å². The topological polar surface area (TPSA) is 81.6 Å². The molecule has 1 aliphatic heterocycles. The van der Waals surface area contributed by atoms with E-state index in [9.17, 15) is 4.79 Å². The van der Waals surface area contributed by atoms with Crippen molar-refractivity contribution >= 4 is 5.91 Å². The van der Waals surface area contributed by atoms with Gasteiger partial charge in [-0.15, -0.1) is 0 Å². The van der Waals surface area contributed by atoms with Crippen molar-refractivity contribution < 1.29 is 15.0 Å². The van der Waals surface area contributed by atoms with Crippen LogP contribution in [-0.2, 0) is 4.79 Å². The molecular formula is C11H22N2O3. The molecule has 1 rings (SSSR count). The molecule has 1 amide bonds. The summed E-state index contributed by atoms with van der Waals surface area (Å²) in [6, 6.07) is -0.552. The van der Waals surface area contributed by atoms with E-state index in [0.717, 1.165) is 13.0 Å². The molecule has 1 heterocycles. The quantitative estimate of drug-likeness (QED) is 0.493. The van der Waals surface area contributed by atoms with Crippen molar-refractivity contribution in [3.05, 3.63) is 0 Å². The first-order valence-electron chi connectivity index (χ1n) is 5.80. The highest BCUT2D eigenvalue weighted by atomic mass is 16.3. The molecule has 1 atom stereocenters. The van der Waals surface area contributed by atoms with E-state index in [2.05, 4.69) is 10.6 Å². The number of amides is 1. The van der Waals surface area contributed by atoms with Gasteiger partial charge in [0.15, 0.2) is 0 Å². The van der Waals surface area contributed by atoms with E-state index in [4.69, 9.17) is 10.2 Å². The van der Waals surface area contributed by atoms with Crippen molar-refractivity contribution in [3.8, 4) is 0 Å². The minimum Gasteiger partial charge on any atom is -0.394 e. The van der Waals surface area contributed by atoms with Gasteiger partial charge in [-0.2, -0.15) is 0 Å². The third-order valence-corrected chi connectivity index (χ3v) is 3.52. The van der Waals surface area contributed by atoms with Gasteiger partial charge >= 0.3 is 0 Å². The molecule has 5 heteroatoms. The summed E-state index contributed by atoms with van der Waals surface area (Å²) in [5, 5.41) is 23.8. The molecule has 1 saturated heterocycles. The highest BCUT2D eigenvalue weighted by molar-refractivity contribution is 5.83. The number of aliphatic hydroxyl groups excluding tert-OH is 2. The van der Waals surface area contributed by atoms with Crippen LogP contribution in [0.5, 0.6) is 0 Å². The Kier molecular flexibility index (Phi) is 4.70. The van der Waals surface area contributed by atoms with E-state index in [1.807, 2.05) is 13.8 Å². The summed E-state index contributed by atoms with van der Waals surface area (Å²) in [5.41, 5.74) is -0.400. The van der Waals surface area contributed by atoms with Gasteiger partial charge in [-0.1, -0.05) is 13.8 Å². The summed E-state index contributed by atoms with van der Waals surface area (Å²) in [7, 11) is 0. The highest BCUT2D eigenvalue weighted by Crippen LogP contribution is 2.34. The number of hydrogen-bond donors (Lipinski definition) is 4. The van der Waals surface area contributed by atoms with Gasteiger partial charge in [0.25, 0.3) is 0 Å². The van der Waals surface area contributed by atoms with Gasteiger partial charge in [0.1, 0.15) is 0 Å². The van der Waals surface area contributed by atoms with Crippen molar-refractivity contribution in [2.24, 2.45) is 11.3 Å². The van der Waals surface area contributed by atoms with Crippen molar-refractivity contribution in [1.29, 1.82) is 0 Å². The first-order chi connectivity index (χ1) is 7.56. The summed E-state index contributed by atoms with van der Waals surface area (Å²) in [6.07, 6.45) is 0.806. The maximum absolute atomic E-state index is 12.2. The largest absolute Gasteiger partial charge is 0.394 e. The van der Waals surface area contributed by atoms with Crippen molar-refractivity contribution in [2.45, 2.75) is 26.3 Å². The van der Waals surface area contributed by atoms with Gasteiger partial charge in [-0.3, -0.25) is 4.79 Å². The SMILES string of the molecule is CC(C)C1(C(=O)NC(CO)CO)CCNC1.